The second-order valence-electron chi connectivity index (χ2n) is 10.8. The van der Waals surface area contributed by atoms with Crippen molar-refractivity contribution in [3.8, 4) is 0 Å². The number of benzene rings is 1. The predicted octanol–water partition coefficient (Wildman–Crippen LogP) is 4.41. The van der Waals surface area contributed by atoms with Crippen molar-refractivity contribution < 1.29 is 27.4 Å². The molecule has 1 aromatic heterocycles. The number of nitrogens with two attached hydrogens (primary N) is 1. The molecule has 5 rings (SSSR count). The molecule has 40 heavy (non-hydrogen) atoms. The molecule has 3 N–H and O–H groups in total. The molecular formula is C27H34ClF3N6O3. The van der Waals surface area contributed by atoms with Gasteiger partial charge in [-0.3, -0.25) is 4.79 Å². The van der Waals surface area contributed by atoms with Crippen molar-refractivity contribution in [2.24, 2.45) is 0 Å². The summed E-state index contributed by atoms with van der Waals surface area (Å²) in [6, 6.07) is 2.86. The van der Waals surface area contributed by atoms with Gasteiger partial charge in [0.2, 0.25) is 5.28 Å². The fraction of sp³-hybridized carbons (Fsp3) is 0.593. The van der Waals surface area contributed by atoms with E-state index in [1.807, 2.05) is 0 Å². The van der Waals surface area contributed by atoms with Crippen LogP contribution in [0.4, 0.5) is 24.7 Å². The lowest BCUT2D eigenvalue weighted by molar-refractivity contribution is -0.162. The minimum atomic E-state index is -4.53. The third-order valence-corrected chi connectivity index (χ3v) is 8.30. The first kappa shape index (κ1) is 28.8. The van der Waals surface area contributed by atoms with E-state index in [2.05, 4.69) is 20.2 Å². The zero-order chi connectivity index (χ0) is 28.7. The number of hydrogen-bond donors (Lipinski definition) is 2. The molecule has 2 atom stereocenters. The van der Waals surface area contributed by atoms with Crippen molar-refractivity contribution in [1.82, 2.24) is 19.8 Å². The van der Waals surface area contributed by atoms with Crippen LogP contribution in [-0.4, -0.2) is 70.7 Å². The Balaban J connectivity index is 1.29. The fourth-order valence-electron chi connectivity index (χ4n) is 5.83. The molecule has 2 fully saturated rings. The summed E-state index contributed by atoms with van der Waals surface area (Å²) in [5.41, 5.74) is 5.60. The molecule has 4 heterocycles. The normalized spacial score (nSPS) is 21.9. The van der Waals surface area contributed by atoms with Crippen LogP contribution in [0.3, 0.4) is 0 Å². The van der Waals surface area contributed by atoms with Gasteiger partial charge >= 0.3 is 6.18 Å². The number of carbonyl (C=O) groups is 1. The first-order valence-corrected chi connectivity index (χ1v) is 13.8. The number of anilines is 2. The smallest absolute Gasteiger partial charge is 0.399 e. The summed E-state index contributed by atoms with van der Waals surface area (Å²) in [5, 5.41) is 3.14. The first-order valence-electron chi connectivity index (χ1n) is 13.5. The van der Waals surface area contributed by atoms with E-state index < -0.39 is 23.4 Å². The molecule has 0 aliphatic carbocycles. The van der Waals surface area contributed by atoms with Crippen molar-refractivity contribution in [1.29, 1.82) is 0 Å². The average Bonchev–Trinajstić information content (AvgIpc) is 3.58. The molecule has 2 saturated heterocycles. The predicted molar refractivity (Wildman–Crippen MR) is 144 cm³/mol. The standard InChI is InChI=1S/C27H34ClF3N6O3/c1-16(17-10-18(27(29,30)31)12-19(32)11-17)33-23-21-14-37(15-22(21)34-25(28)35-23)24(38)26(39-2)5-7-36(8-6-26)13-20-4-3-9-40-20/h10-12,16,20H,3-9,13-15,32H2,1-2H3,(H,33,34,35)/t16?,20-/m0/s1. The number of nitrogens with one attached hydrogen (secondary N) is 1. The van der Waals surface area contributed by atoms with Gasteiger partial charge in [-0.25, -0.2) is 9.97 Å². The molecule has 3 aliphatic rings. The van der Waals surface area contributed by atoms with Crippen molar-refractivity contribution in [2.75, 3.05) is 44.4 Å². The van der Waals surface area contributed by atoms with Gasteiger partial charge in [0.15, 0.2) is 0 Å². The SMILES string of the molecule is COC1(C(=O)N2Cc3nc(Cl)nc(NC(C)c4cc(N)cc(C(F)(F)F)c4)c3C2)CCN(C[C@@H]2CCCO2)CC1. The second-order valence-corrected chi connectivity index (χ2v) is 11.2. The van der Waals surface area contributed by atoms with Crippen molar-refractivity contribution in [3.05, 3.63) is 45.9 Å². The highest BCUT2D eigenvalue weighted by atomic mass is 35.5. The van der Waals surface area contributed by atoms with Crippen LogP contribution in [0.1, 0.15) is 61.0 Å². The van der Waals surface area contributed by atoms with E-state index in [-0.39, 0.29) is 36.1 Å². The number of rotatable bonds is 7. The minimum absolute atomic E-state index is 0.00729. The van der Waals surface area contributed by atoms with Gasteiger partial charge in [-0.1, -0.05) is 0 Å². The van der Waals surface area contributed by atoms with Gasteiger partial charge in [-0.2, -0.15) is 13.2 Å². The van der Waals surface area contributed by atoms with Crippen LogP contribution in [0.15, 0.2) is 18.2 Å². The lowest BCUT2D eigenvalue weighted by Gasteiger charge is -2.41. The summed E-state index contributed by atoms with van der Waals surface area (Å²) in [6.45, 7) is 5.32. The van der Waals surface area contributed by atoms with E-state index in [9.17, 15) is 18.0 Å². The average molecular weight is 583 g/mol. The molecule has 0 spiro atoms. The summed E-state index contributed by atoms with van der Waals surface area (Å²) >= 11 is 6.21. The number of piperidine rings is 1. The summed E-state index contributed by atoms with van der Waals surface area (Å²) in [5.74, 6) is 0.247. The highest BCUT2D eigenvalue weighted by Gasteiger charge is 2.46. The van der Waals surface area contributed by atoms with Crippen molar-refractivity contribution in [3.63, 3.8) is 0 Å². The van der Waals surface area contributed by atoms with E-state index in [0.717, 1.165) is 51.2 Å². The lowest BCUT2D eigenvalue weighted by Crippen LogP contribution is -2.55. The first-order chi connectivity index (χ1) is 19.0. The lowest BCUT2D eigenvalue weighted by atomic mass is 9.89. The number of carbonyl (C=O) groups excluding carboxylic acids is 1. The highest BCUT2D eigenvalue weighted by molar-refractivity contribution is 6.28. The molecule has 13 heteroatoms. The Morgan fingerprint density at radius 3 is 2.67 bits per heavy atom. The molecule has 1 amide bonds. The number of nitrogen functional groups attached to an aromatic ring is 1. The number of fused-ring (bicyclic) bond motifs is 1. The maximum Gasteiger partial charge on any atom is 0.416 e. The maximum atomic E-state index is 13.8. The van der Waals surface area contributed by atoms with Gasteiger partial charge in [-0.05, 0) is 68.0 Å². The number of hydrogen-bond acceptors (Lipinski definition) is 8. The third-order valence-electron chi connectivity index (χ3n) is 8.13. The van der Waals surface area contributed by atoms with E-state index in [4.69, 9.17) is 26.8 Å². The molecule has 1 aromatic carbocycles. The molecule has 2 aromatic rings. The van der Waals surface area contributed by atoms with Crippen molar-refractivity contribution in [2.45, 2.75) is 69.6 Å². The summed E-state index contributed by atoms with van der Waals surface area (Å²) in [6.07, 6.45) is -0.993. The number of alkyl halides is 3. The number of aromatic nitrogens is 2. The Morgan fingerprint density at radius 1 is 1.27 bits per heavy atom. The van der Waals surface area contributed by atoms with Crippen LogP contribution in [0.2, 0.25) is 5.28 Å². The quantitative estimate of drug-likeness (QED) is 0.365. The number of methoxy groups -OCH3 is 1. The van der Waals surface area contributed by atoms with Crippen LogP contribution in [0.5, 0.6) is 0 Å². The van der Waals surface area contributed by atoms with Gasteiger partial charge in [0.1, 0.15) is 11.4 Å². The molecule has 0 bridgehead atoms. The molecule has 3 aliphatic heterocycles. The molecular weight excluding hydrogens is 549 g/mol. The fourth-order valence-corrected chi connectivity index (χ4v) is 6.02. The Kier molecular flexibility index (Phi) is 8.15. The van der Waals surface area contributed by atoms with E-state index in [1.165, 1.54) is 6.07 Å². The number of halogens is 4. The number of ether oxygens (including phenoxy) is 2. The maximum absolute atomic E-state index is 13.8. The van der Waals surface area contributed by atoms with Crippen LogP contribution in [-0.2, 0) is 33.5 Å². The monoisotopic (exact) mass is 582 g/mol. The highest BCUT2D eigenvalue weighted by Crippen LogP contribution is 2.37. The van der Waals surface area contributed by atoms with E-state index in [0.29, 0.717) is 35.5 Å². The van der Waals surface area contributed by atoms with Gasteiger partial charge in [0.25, 0.3) is 5.91 Å². The Bertz CT molecular complexity index is 1250. The molecule has 1 unspecified atom stereocenters. The zero-order valence-electron chi connectivity index (χ0n) is 22.6. The Labute approximate surface area is 236 Å². The topological polar surface area (TPSA) is 106 Å². The van der Waals surface area contributed by atoms with Crippen LogP contribution >= 0.6 is 11.6 Å². The number of amides is 1. The van der Waals surface area contributed by atoms with Crippen molar-refractivity contribution >= 4 is 29.0 Å². The zero-order valence-corrected chi connectivity index (χ0v) is 23.3. The van der Waals surface area contributed by atoms with E-state index in [1.54, 1.807) is 18.9 Å². The second kappa shape index (κ2) is 11.3. The summed E-state index contributed by atoms with van der Waals surface area (Å²) < 4.78 is 51.7. The largest absolute Gasteiger partial charge is 0.416 e. The molecule has 218 valence electrons. The summed E-state index contributed by atoms with van der Waals surface area (Å²) in [4.78, 5) is 26.5. The Hall–Kier alpha value is -2.67. The van der Waals surface area contributed by atoms with Crippen LogP contribution in [0, 0.1) is 0 Å². The number of likely N-dealkylation sites (tertiary alicyclic amines) is 1. The Morgan fingerprint density at radius 2 is 2.02 bits per heavy atom. The van der Waals surface area contributed by atoms with Gasteiger partial charge in [0.05, 0.1) is 36.5 Å². The van der Waals surface area contributed by atoms with E-state index >= 15 is 0 Å². The van der Waals surface area contributed by atoms with Gasteiger partial charge in [0, 0.05) is 44.6 Å². The number of nitrogens with zero attached hydrogens (tertiary/aromatic N) is 4. The van der Waals surface area contributed by atoms with Crippen LogP contribution < -0.4 is 11.1 Å². The minimum Gasteiger partial charge on any atom is -0.399 e. The molecule has 0 saturated carbocycles. The molecule has 9 nitrogen and oxygen atoms in total. The molecule has 0 radical (unpaired) electrons. The summed E-state index contributed by atoms with van der Waals surface area (Å²) in [7, 11) is 1.57. The van der Waals surface area contributed by atoms with Gasteiger partial charge < -0.3 is 30.3 Å². The third kappa shape index (κ3) is 6.00. The van der Waals surface area contributed by atoms with Crippen LogP contribution in [0.25, 0.3) is 0 Å². The van der Waals surface area contributed by atoms with Gasteiger partial charge in [-0.15, -0.1) is 0 Å².